The zero-order valence-electron chi connectivity index (χ0n) is 14.5. The molecule has 26 heavy (non-hydrogen) atoms. The number of fused-ring (bicyclic) bond motifs is 1. The van der Waals surface area contributed by atoms with Crippen LogP contribution in [-0.4, -0.2) is 55.0 Å². The first-order valence-corrected chi connectivity index (χ1v) is 9.34. The Kier molecular flexibility index (Phi) is 4.23. The van der Waals surface area contributed by atoms with Crippen LogP contribution < -0.4 is 0 Å². The van der Waals surface area contributed by atoms with Gasteiger partial charge < -0.3 is 4.90 Å². The highest BCUT2D eigenvalue weighted by Crippen LogP contribution is 2.30. The molecule has 1 aliphatic rings. The van der Waals surface area contributed by atoms with Gasteiger partial charge in [-0.05, 0) is 26.7 Å². The molecular formula is C17H18N6O2S. The molecule has 0 unspecified atom stereocenters. The number of likely N-dealkylation sites (tertiary alicyclic amines) is 1. The SMILES string of the molecule is Cc1cc2nnc(C(=O)N3CCC(c4nc(C=O)cs4)CC3)c(C)n2n1. The first-order valence-electron chi connectivity index (χ1n) is 8.46. The minimum absolute atomic E-state index is 0.115. The second-order valence-corrected chi connectivity index (χ2v) is 7.37. The average Bonchev–Trinajstić information content (AvgIpc) is 3.28. The zero-order valence-corrected chi connectivity index (χ0v) is 15.4. The summed E-state index contributed by atoms with van der Waals surface area (Å²) in [5.41, 5.74) is 3.01. The first-order chi connectivity index (χ1) is 12.6. The zero-order chi connectivity index (χ0) is 18.3. The lowest BCUT2D eigenvalue weighted by Crippen LogP contribution is -2.39. The number of amides is 1. The first kappa shape index (κ1) is 16.8. The normalized spacial score (nSPS) is 15.5. The lowest BCUT2D eigenvalue weighted by Gasteiger charge is -2.31. The Hall–Kier alpha value is -2.68. The molecule has 0 aromatic carbocycles. The largest absolute Gasteiger partial charge is 0.337 e. The summed E-state index contributed by atoms with van der Waals surface area (Å²) in [5, 5.41) is 15.4. The summed E-state index contributed by atoms with van der Waals surface area (Å²) in [6.07, 6.45) is 2.42. The predicted octanol–water partition coefficient (Wildman–Crippen LogP) is 2.03. The number of hydrogen-bond donors (Lipinski definition) is 0. The smallest absolute Gasteiger partial charge is 0.276 e. The van der Waals surface area contributed by atoms with E-state index >= 15 is 0 Å². The van der Waals surface area contributed by atoms with E-state index in [0.29, 0.717) is 41.7 Å². The number of hydrogen-bond acceptors (Lipinski definition) is 7. The number of piperidine rings is 1. The molecule has 0 spiro atoms. The third kappa shape index (κ3) is 2.88. The summed E-state index contributed by atoms with van der Waals surface area (Å²) in [6, 6.07) is 1.83. The number of aryl methyl sites for hydroxylation is 2. The van der Waals surface area contributed by atoms with Crippen LogP contribution >= 0.6 is 11.3 Å². The molecule has 3 aromatic rings. The minimum Gasteiger partial charge on any atom is -0.337 e. The Balaban J connectivity index is 1.50. The van der Waals surface area contributed by atoms with Gasteiger partial charge in [-0.2, -0.15) is 5.10 Å². The van der Waals surface area contributed by atoms with E-state index in [4.69, 9.17) is 0 Å². The van der Waals surface area contributed by atoms with Crippen LogP contribution in [0.25, 0.3) is 5.65 Å². The maximum absolute atomic E-state index is 12.9. The molecule has 0 N–H and O–H groups in total. The van der Waals surface area contributed by atoms with Gasteiger partial charge in [-0.1, -0.05) is 0 Å². The summed E-state index contributed by atoms with van der Waals surface area (Å²) < 4.78 is 1.67. The number of nitrogens with zero attached hydrogens (tertiary/aromatic N) is 6. The summed E-state index contributed by atoms with van der Waals surface area (Å²) in [7, 11) is 0. The average molecular weight is 370 g/mol. The highest BCUT2D eigenvalue weighted by Gasteiger charge is 2.28. The van der Waals surface area contributed by atoms with Crippen molar-refractivity contribution < 1.29 is 9.59 Å². The van der Waals surface area contributed by atoms with Crippen LogP contribution in [0.1, 0.15) is 56.1 Å². The Morgan fingerprint density at radius 1 is 1.27 bits per heavy atom. The number of rotatable bonds is 3. The molecule has 1 amide bonds. The van der Waals surface area contributed by atoms with E-state index in [1.54, 1.807) is 9.90 Å². The van der Waals surface area contributed by atoms with Crippen molar-refractivity contribution in [3.8, 4) is 0 Å². The van der Waals surface area contributed by atoms with Crippen molar-refractivity contribution in [2.24, 2.45) is 0 Å². The molecule has 0 bridgehead atoms. The number of aldehydes is 1. The van der Waals surface area contributed by atoms with Crippen LogP contribution in [0, 0.1) is 13.8 Å². The summed E-state index contributed by atoms with van der Waals surface area (Å²) in [4.78, 5) is 29.8. The van der Waals surface area contributed by atoms with Crippen LogP contribution in [0.5, 0.6) is 0 Å². The Morgan fingerprint density at radius 3 is 2.73 bits per heavy atom. The van der Waals surface area contributed by atoms with Gasteiger partial charge in [0.15, 0.2) is 17.6 Å². The number of carbonyl (C=O) groups is 2. The quantitative estimate of drug-likeness (QED) is 0.655. The molecule has 0 atom stereocenters. The fraction of sp³-hybridized carbons (Fsp3) is 0.412. The van der Waals surface area contributed by atoms with Crippen molar-refractivity contribution in [3.05, 3.63) is 39.2 Å². The molecule has 0 radical (unpaired) electrons. The van der Waals surface area contributed by atoms with Crippen molar-refractivity contribution in [2.75, 3.05) is 13.1 Å². The summed E-state index contributed by atoms with van der Waals surface area (Å²) in [6.45, 7) is 4.99. The summed E-state index contributed by atoms with van der Waals surface area (Å²) in [5.74, 6) is 0.178. The maximum Gasteiger partial charge on any atom is 0.276 e. The predicted molar refractivity (Wildman–Crippen MR) is 95.6 cm³/mol. The van der Waals surface area contributed by atoms with E-state index in [1.807, 2.05) is 24.8 Å². The molecule has 0 saturated carbocycles. The molecule has 8 nitrogen and oxygen atoms in total. The van der Waals surface area contributed by atoms with E-state index in [1.165, 1.54) is 11.3 Å². The Morgan fingerprint density at radius 2 is 2.04 bits per heavy atom. The maximum atomic E-state index is 12.9. The van der Waals surface area contributed by atoms with Gasteiger partial charge in [-0.25, -0.2) is 9.50 Å². The lowest BCUT2D eigenvalue weighted by molar-refractivity contribution is 0.0704. The van der Waals surface area contributed by atoms with Gasteiger partial charge in [0, 0.05) is 30.5 Å². The van der Waals surface area contributed by atoms with Crippen molar-refractivity contribution in [2.45, 2.75) is 32.6 Å². The van der Waals surface area contributed by atoms with E-state index in [2.05, 4.69) is 20.3 Å². The van der Waals surface area contributed by atoms with Crippen LogP contribution in [0.3, 0.4) is 0 Å². The molecule has 9 heteroatoms. The molecule has 1 aliphatic heterocycles. The fourth-order valence-electron chi connectivity index (χ4n) is 3.30. The highest BCUT2D eigenvalue weighted by atomic mass is 32.1. The van der Waals surface area contributed by atoms with Crippen molar-refractivity contribution >= 4 is 29.2 Å². The molecule has 1 fully saturated rings. The molecular weight excluding hydrogens is 352 g/mol. The third-order valence-electron chi connectivity index (χ3n) is 4.72. The van der Waals surface area contributed by atoms with Crippen molar-refractivity contribution in [1.29, 1.82) is 0 Å². The fourth-order valence-corrected chi connectivity index (χ4v) is 4.23. The van der Waals surface area contributed by atoms with Crippen LogP contribution in [0.4, 0.5) is 0 Å². The van der Waals surface area contributed by atoms with Crippen LogP contribution in [0.2, 0.25) is 0 Å². The number of carbonyl (C=O) groups excluding carboxylic acids is 2. The Bertz CT molecular complexity index is 986. The second-order valence-electron chi connectivity index (χ2n) is 6.48. The molecule has 3 aromatic heterocycles. The topological polar surface area (TPSA) is 93.4 Å². The number of thiazole rings is 1. The van der Waals surface area contributed by atoms with Gasteiger partial charge in [0.2, 0.25) is 0 Å². The lowest BCUT2D eigenvalue weighted by atomic mass is 9.97. The minimum atomic E-state index is -0.115. The van der Waals surface area contributed by atoms with Gasteiger partial charge in [0.05, 0.1) is 16.4 Å². The molecule has 0 aliphatic carbocycles. The molecule has 134 valence electrons. The van der Waals surface area contributed by atoms with Gasteiger partial charge in [0.1, 0.15) is 5.69 Å². The van der Waals surface area contributed by atoms with E-state index in [0.717, 1.165) is 29.8 Å². The van der Waals surface area contributed by atoms with Gasteiger partial charge >= 0.3 is 0 Å². The van der Waals surface area contributed by atoms with E-state index in [9.17, 15) is 9.59 Å². The van der Waals surface area contributed by atoms with Crippen molar-refractivity contribution in [1.82, 2.24) is 29.7 Å². The van der Waals surface area contributed by atoms with Gasteiger partial charge in [-0.15, -0.1) is 21.5 Å². The third-order valence-corrected chi connectivity index (χ3v) is 5.75. The second kappa shape index (κ2) is 6.56. The van der Waals surface area contributed by atoms with Crippen LogP contribution in [-0.2, 0) is 0 Å². The molecule has 4 heterocycles. The summed E-state index contributed by atoms with van der Waals surface area (Å²) >= 11 is 1.51. The Labute approximate surface area is 153 Å². The van der Waals surface area contributed by atoms with Gasteiger partial charge in [-0.3, -0.25) is 9.59 Å². The van der Waals surface area contributed by atoms with Gasteiger partial charge in [0.25, 0.3) is 5.91 Å². The van der Waals surface area contributed by atoms with Crippen LogP contribution in [0.15, 0.2) is 11.4 Å². The number of aromatic nitrogens is 5. The molecule has 4 rings (SSSR count). The monoisotopic (exact) mass is 370 g/mol. The van der Waals surface area contributed by atoms with E-state index in [-0.39, 0.29) is 5.91 Å². The van der Waals surface area contributed by atoms with Crippen molar-refractivity contribution in [3.63, 3.8) is 0 Å². The van der Waals surface area contributed by atoms with E-state index < -0.39 is 0 Å². The standard InChI is InChI=1S/C17H18N6O2S/c1-10-7-14-19-20-15(11(2)23(14)21-10)17(25)22-5-3-12(4-6-22)16-18-13(8-24)9-26-16/h7-9,12H,3-6H2,1-2H3. The highest BCUT2D eigenvalue weighted by molar-refractivity contribution is 7.09. The molecule has 1 saturated heterocycles.